The van der Waals surface area contributed by atoms with Crippen molar-refractivity contribution in [2.45, 2.75) is 6.04 Å². The number of allylic oxidation sites excluding steroid dienone is 2. The summed E-state index contributed by atoms with van der Waals surface area (Å²) >= 11 is 0. The number of hydrogen-bond acceptors (Lipinski definition) is 1. The van der Waals surface area contributed by atoms with Crippen molar-refractivity contribution in [3.63, 3.8) is 0 Å². The van der Waals surface area contributed by atoms with E-state index in [0.29, 0.717) is 0 Å². The molecule has 0 bridgehead atoms. The lowest BCUT2D eigenvalue weighted by molar-refractivity contribution is 0.950. The molecule has 0 saturated carbocycles. The van der Waals surface area contributed by atoms with E-state index in [-0.39, 0.29) is 6.04 Å². The van der Waals surface area contributed by atoms with Crippen molar-refractivity contribution >= 4 is 5.69 Å². The van der Waals surface area contributed by atoms with Gasteiger partial charge >= 0.3 is 0 Å². The van der Waals surface area contributed by atoms with Crippen LogP contribution in [0.5, 0.6) is 0 Å². The van der Waals surface area contributed by atoms with Crippen molar-refractivity contribution < 1.29 is 0 Å². The lowest BCUT2D eigenvalue weighted by Gasteiger charge is -2.26. The molecular weight excluding hydrogens is 170 g/mol. The fourth-order valence-electron chi connectivity index (χ4n) is 1.48. The SMILES string of the molecule is C#CC1C=CC=CN1c1ccccc1. The molecule has 1 aliphatic heterocycles. The highest BCUT2D eigenvalue weighted by atomic mass is 15.1. The van der Waals surface area contributed by atoms with Crippen LogP contribution in [0.4, 0.5) is 5.69 Å². The van der Waals surface area contributed by atoms with Gasteiger partial charge in [-0.1, -0.05) is 30.2 Å². The summed E-state index contributed by atoms with van der Waals surface area (Å²) in [6.07, 6.45) is 13.4. The van der Waals surface area contributed by atoms with Crippen LogP contribution in [0.2, 0.25) is 0 Å². The average Bonchev–Trinajstić information content (AvgIpc) is 2.30. The molecule has 1 aromatic carbocycles. The lowest BCUT2D eigenvalue weighted by atomic mass is 10.1. The number of nitrogens with zero attached hydrogens (tertiary/aromatic N) is 1. The number of para-hydroxylation sites is 1. The Balaban J connectivity index is 2.31. The Kier molecular flexibility index (Phi) is 2.38. The minimum Gasteiger partial charge on any atom is -0.330 e. The maximum absolute atomic E-state index is 5.45. The van der Waals surface area contributed by atoms with Crippen molar-refractivity contribution in [1.29, 1.82) is 0 Å². The predicted molar refractivity (Wildman–Crippen MR) is 59.8 cm³/mol. The van der Waals surface area contributed by atoms with Crippen LogP contribution in [0.15, 0.2) is 54.8 Å². The first-order chi connectivity index (χ1) is 6.92. The molecule has 0 N–H and O–H groups in total. The number of anilines is 1. The van der Waals surface area contributed by atoms with E-state index >= 15 is 0 Å². The largest absolute Gasteiger partial charge is 0.330 e. The predicted octanol–water partition coefficient (Wildman–Crippen LogP) is 2.58. The molecule has 2 rings (SSSR count). The molecule has 14 heavy (non-hydrogen) atoms. The summed E-state index contributed by atoms with van der Waals surface area (Å²) in [4.78, 5) is 2.07. The molecule has 0 aromatic heterocycles. The smallest absolute Gasteiger partial charge is 0.113 e. The third kappa shape index (κ3) is 1.55. The van der Waals surface area contributed by atoms with Crippen LogP contribution in [-0.2, 0) is 0 Å². The Morgan fingerprint density at radius 3 is 2.64 bits per heavy atom. The maximum atomic E-state index is 5.45. The third-order valence-electron chi connectivity index (χ3n) is 2.18. The van der Waals surface area contributed by atoms with Gasteiger partial charge in [-0.3, -0.25) is 0 Å². The first-order valence-corrected chi connectivity index (χ1v) is 4.56. The molecule has 1 heteroatoms. The summed E-state index contributed by atoms with van der Waals surface area (Å²) in [6, 6.07) is 10.1. The lowest BCUT2D eigenvalue weighted by Crippen LogP contribution is -2.28. The first kappa shape index (κ1) is 8.65. The summed E-state index contributed by atoms with van der Waals surface area (Å²) in [6.45, 7) is 0. The number of hydrogen-bond donors (Lipinski definition) is 0. The second-order valence-corrected chi connectivity index (χ2v) is 3.08. The first-order valence-electron chi connectivity index (χ1n) is 4.56. The molecule has 0 radical (unpaired) electrons. The summed E-state index contributed by atoms with van der Waals surface area (Å²) in [5.74, 6) is 2.74. The van der Waals surface area contributed by atoms with Crippen molar-refractivity contribution in [2.24, 2.45) is 0 Å². The molecule has 0 saturated heterocycles. The highest BCUT2D eigenvalue weighted by Crippen LogP contribution is 2.19. The van der Waals surface area contributed by atoms with Crippen LogP contribution >= 0.6 is 0 Å². The average molecular weight is 181 g/mol. The molecule has 68 valence electrons. The van der Waals surface area contributed by atoms with Crippen LogP contribution in [0.1, 0.15) is 0 Å². The van der Waals surface area contributed by atoms with Gasteiger partial charge in [0.2, 0.25) is 0 Å². The van der Waals surface area contributed by atoms with E-state index in [2.05, 4.69) is 10.8 Å². The van der Waals surface area contributed by atoms with Gasteiger partial charge in [-0.15, -0.1) is 6.42 Å². The highest BCUT2D eigenvalue weighted by molar-refractivity contribution is 5.55. The Labute approximate surface area is 84.4 Å². The second kappa shape index (κ2) is 3.85. The zero-order valence-corrected chi connectivity index (χ0v) is 7.80. The van der Waals surface area contributed by atoms with Crippen LogP contribution in [0, 0.1) is 12.3 Å². The zero-order chi connectivity index (χ0) is 9.80. The second-order valence-electron chi connectivity index (χ2n) is 3.08. The molecule has 1 unspecified atom stereocenters. The number of terminal acetylenes is 1. The van der Waals surface area contributed by atoms with Crippen LogP contribution in [0.25, 0.3) is 0 Å². The standard InChI is InChI=1S/C13H11N/c1-2-12-8-6-7-11-14(12)13-9-4-3-5-10-13/h1,3-12H. The normalized spacial score (nSPS) is 19.4. The third-order valence-corrected chi connectivity index (χ3v) is 2.18. The minimum absolute atomic E-state index is 0.0300. The van der Waals surface area contributed by atoms with Gasteiger partial charge in [-0.2, -0.15) is 0 Å². The monoisotopic (exact) mass is 181 g/mol. The van der Waals surface area contributed by atoms with Crippen molar-refractivity contribution in [1.82, 2.24) is 0 Å². The van der Waals surface area contributed by atoms with Gasteiger partial charge in [0.05, 0.1) is 0 Å². The fraction of sp³-hybridized carbons (Fsp3) is 0.0769. The minimum atomic E-state index is 0.0300. The molecule has 1 atom stereocenters. The van der Waals surface area contributed by atoms with Gasteiger partial charge in [-0.25, -0.2) is 0 Å². The molecule has 1 aromatic rings. The van der Waals surface area contributed by atoms with E-state index in [4.69, 9.17) is 6.42 Å². The van der Waals surface area contributed by atoms with Crippen molar-refractivity contribution in [2.75, 3.05) is 4.90 Å². The summed E-state index contributed by atoms with van der Waals surface area (Å²) < 4.78 is 0. The number of benzene rings is 1. The van der Waals surface area contributed by atoms with E-state index in [1.807, 2.05) is 54.8 Å². The van der Waals surface area contributed by atoms with E-state index in [9.17, 15) is 0 Å². The quantitative estimate of drug-likeness (QED) is 0.602. The van der Waals surface area contributed by atoms with Crippen LogP contribution < -0.4 is 4.90 Å². The molecule has 0 spiro atoms. The molecule has 1 nitrogen and oxygen atoms in total. The molecule has 1 heterocycles. The topological polar surface area (TPSA) is 3.24 Å². The highest BCUT2D eigenvalue weighted by Gasteiger charge is 2.12. The van der Waals surface area contributed by atoms with Gasteiger partial charge in [0.25, 0.3) is 0 Å². The van der Waals surface area contributed by atoms with Gasteiger partial charge in [-0.05, 0) is 24.3 Å². The zero-order valence-electron chi connectivity index (χ0n) is 7.80. The van der Waals surface area contributed by atoms with Crippen molar-refractivity contribution in [3.8, 4) is 12.3 Å². The van der Waals surface area contributed by atoms with E-state index in [1.165, 1.54) is 0 Å². The number of rotatable bonds is 1. The summed E-state index contributed by atoms with van der Waals surface area (Å²) in [7, 11) is 0. The summed E-state index contributed by atoms with van der Waals surface area (Å²) in [5, 5.41) is 0. The van der Waals surface area contributed by atoms with Gasteiger partial charge in [0, 0.05) is 11.9 Å². The Hall–Kier alpha value is -1.94. The van der Waals surface area contributed by atoms with Gasteiger partial charge in [0.1, 0.15) is 6.04 Å². The molecule has 0 amide bonds. The van der Waals surface area contributed by atoms with Crippen molar-refractivity contribution in [3.05, 3.63) is 54.8 Å². The Morgan fingerprint density at radius 1 is 1.14 bits per heavy atom. The Bertz CT molecular complexity index is 395. The molecule has 1 aliphatic rings. The fourth-order valence-corrected chi connectivity index (χ4v) is 1.48. The Morgan fingerprint density at radius 2 is 1.93 bits per heavy atom. The van der Waals surface area contributed by atoms with E-state index < -0.39 is 0 Å². The van der Waals surface area contributed by atoms with Gasteiger partial charge < -0.3 is 4.90 Å². The van der Waals surface area contributed by atoms with Crippen LogP contribution in [-0.4, -0.2) is 6.04 Å². The molecular formula is C13H11N. The molecule has 0 aliphatic carbocycles. The van der Waals surface area contributed by atoms with E-state index in [0.717, 1.165) is 5.69 Å². The molecule has 0 fully saturated rings. The van der Waals surface area contributed by atoms with Gasteiger partial charge in [0.15, 0.2) is 0 Å². The summed E-state index contributed by atoms with van der Waals surface area (Å²) in [5.41, 5.74) is 1.12. The van der Waals surface area contributed by atoms with Crippen LogP contribution in [0.3, 0.4) is 0 Å². The maximum Gasteiger partial charge on any atom is 0.113 e. The van der Waals surface area contributed by atoms with E-state index in [1.54, 1.807) is 0 Å².